The van der Waals surface area contributed by atoms with Crippen LogP contribution in [0.3, 0.4) is 0 Å². The lowest BCUT2D eigenvalue weighted by Gasteiger charge is -2.56. The van der Waals surface area contributed by atoms with Gasteiger partial charge in [-0.3, -0.25) is 19.0 Å². The van der Waals surface area contributed by atoms with Crippen molar-refractivity contribution in [2.45, 2.75) is 101 Å². The summed E-state index contributed by atoms with van der Waals surface area (Å²) in [6.45, 7) is 0.535. The number of hydrogen-bond donors (Lipinski definition) is 2. The van der Waals surface area contributed by atoms with Gasteiger partial charge in [-0.05, 0) is 125 Å². The van der Waals surface area contributed by atoms with Crippen LogP contribution in [0, 0.1) is 40.4 Å². The summed E-state index contributed by atoms with van der Waals surface area (Å²) in [5.74, 6) is 4.14. The zero-order valence-electron chi connectivity index (χ0n) is 29.7. The zero-order valence-corrected chi connectivity index (χ0v) is 29.7. The molecule has 272 valence electrons. The number of nitrogens with one attached hydrogen (secondary N) is 2. The first kappa shape index (κ1) is 32.2. The summed E-state index contributed by atoms with van der Waals surface area (Å²) in [7, 11) is 0. The van der Waals surface area contributed by atoms with E-state index in [9.17, 15) is 14.5 Å². The van der Waals surface area contributed by atoms with Crippen molar-refractivity contribution in [3.63, 3.8) is 0 Å². The molecule has 0 spiro atoms. The maximum absolute atomic E-state index is 13.7. The first-order chi connectivity index (χ1) is 25.3. The molecule has 0 atom stereocenters. The van der Waals surface area contributed by atoms with Gasteiger partial charge in [-0.1, -0.05) is 36.4 Å². The van der Waals surface area contributed by atoms with Gasteiger partial charge in [0.1, 0.15) is 4.91 Å². The average Bonchev–Trinajstić information content (AvgIpc) is 3.66. The molecule has 12 rings (SSSR count). The van der Waals surface area contributed by atoms with E-state index in [2.05, 4.69) is 10.6 Å². The lowest BCUT2D eigenvalue weighted by atomic mass is 9.53. The molecular weight excluding hydrogens is 658 g/mol. The average molecular weight is 707 g/mol. The van der Waals surface area contributed by atoms with E-state index in [1.165, 1.54) is 38.5 Å². The molecule has 12 nitrogen and oxygen atoms in total. The summed E-state index contributed by atoms with van der Waals surface area (Å²) in [5, 5.41) is 18.0. The SMILES string of the molecule is O=C(NC12CC3CC(CC(C3)C1)C2)c1nn(CCO[N+](=O)OCCn2nc(C(=O)NC34CC5CC(CC(C5)C3)C4)c3ccccc32)c2ccccc12. The molecule has 8 aliphatic carbocycles. The maximum atomic E-state index is 13.7. The summed E-state index contributed by atoms with van der Waals surface area (Å²) in [5.41, 5.74) is 2.25. The smallest absolute Gasteiger partial charge is 0.345 e. The van der Waals surface area contributed by atoms with Gasteiger partial charge >= 0.3 is 5.09 Å². The molecule has 2 aromatic carbocycles. The monoisotopic (exact) mass is 706 g/mol. The molecule has 2 aromatic heterocycles. The highest BCUT2D eigenvalue weighted by Gasteiger charge is 2.53. The van der Waals surface area contributed by atoms with Crippen molar-refractivity contribution in [1.29, 1.82) is 0 Å². The van der Waals surface area contributed by atoms with E-state index >= 15 is 0 Å². The van der Waals surface area contributed by atoms with Crippen molar-refractivity contribution in [3.8, 4) is 0 Å². The Balaban J connectivity index is 0.752. The summed E-state index contributed by atoms with van der Waals surface area (Å²) in [6.07, 6.45) is 14.3. The van der Waals surface area contributed by atoms with Crippen LogP contribution < -0.4 is 10.6 Å². The quantitative estimate of drug-likeness (QED) is 0.170. The maximum Gasteiger partial charge on any atom is 0.477 e. The van der Waals surface area contributed by atoms with Gasteiger partial charge in [-0.25, -0.2) is 0 Å². The van der Waals surface area contributed by atoms with Crippen molar-refractivity contribution in [2.75, 3.05) is 13.2 Å². The van der Waals surface area contributed by atoms with Gasteiger partial charge in [0.05, 0.1) is 24.1 Å². The number of aromatic nitrogens is 4. The number of nitrogens with zero attached hydrogens (tertiary/aromatic N) is 5. The molecule has 0 unspecified atom stereocenters. The van der Waals surface area contributed by atoms with Crippen molar-refractivity contribution in [3.05, 3.63) is 64.8 Å². The third kappa shape index (κ3) is 5.73. The number of hydrogen-bond acceptors (Lipinski definition) is 7. The molecule has 8 aliphatic rings. The summed E-state index contributed by atoms with van der Waals surface area (Å²) in [4.78, 5) is 50.7. The third-order valence-corrected chi connectivity index (χ3v) is 13.6. The van der Waals surface area contributed by atoms with Crippen LogP contribution in [0.2, 0.25) is 0 Å². The molecular formula is C40H48N7O5+. The second-order valence-electron chi connectivity index (χ2n) is 17.4. The Morgan fingerprint density at radius 1 is 0.615 bits per heavy atom. The zero-order chi connectivity index (χ0) is 35.0. The Kier molecular flexibility index (Phi) is 7.62. The van der Waals surface area contributed by atoms with E-state index in [0.29, 0.717) is 11.4 Å². The van der Waals surface area contributed by atoms with Crippen molar-refractivity contribution >= 4 is 33.6 Å². The minimum atomic E-state index is -0.119. The molecule has 12 heteroatoms. The summed E-state index contributed by atoms with van der Waals surface area (Å²) in [6, 6.07) is 15.4. The van der Waals surface area contributed by atoms with Crippen LogP contribution in [0.15, 0.2) is 48.5 Å². The first-order valence-electron chi connectivity index (χ1n) is 19.6. The van der Waals surface area contributed by atoms with E-state index in [4.69, 9.17) is 19.9 Å². The standard InChI is InChI=1S/C40H47N7O5/c48-37(41-39-19-25-13-26(20-39)15-27(14-25)21-39)35-31-5-1-3-7-33(31)45(43-35)9-11-51-47(50)52-12-10-46-34-8-4-2-6-32(34)36(44-46)38(49)42-40-22-28-16-29(23-40)18-30(17-28)24-40/h1-8,25-30H,9-24H2,(H-,41,42,48,49)/p+1. The second kappa shape index (κ2) is 12.3. The Morgan fingerprint density at radius 2 is 0.962 bits per heavy atom. The molecule has 2 N–H and O–H groups in total. The van der Waals surface area contributed by atoms with Crippen LogP contribution in [-0.4, -0.2) is 60.8 Å². The predicted octanol–water partition coefficient (Wildman–Crippen LogP) is 6.13. The van der Waals surface area contributed by atoms with E-state index in [1.54, 1.807) is 9.36 Å². The number of carbonyl (C=O) groups is 2. The van der Waals surface area contributed by atoms with Gasteiger partial charge in [-0.15, -0.1) is 0 Å². The molecule has 8 fully saturated rings. The van der Waals surface area contributed by atoms with Gasteiger partial charge in [-0.2, -0.15) is 19.9 Å². The predicted molar refractivity (Wildman–Crippen MR) is 192 cm³/mol. The van der Waals surface area contributed by atoms with E-state index in [1.807, 2.05) is 48.5 Å². The lowest BCUT2D eigenvalue weighted by Crippen LogP contribution is -2.59. The number of amides is 2. The van der Waals surface area contributed by atoms with E-state index < -0.39 is 0 Å². The number of carbonyl (C=O) groups excluding carboxylic acids is 2. The van der Waals surface area contributed by atoms with Crippen LogP contribution in [0.1, 0.15) is 98.0 Å². The Labute approximate surface area is 302 Å². The Bertz CT molecular complexity index is 1850. The molecule has 2 heterocycles. The van der Waals surface area contributed by atoms with Crippen LogP contribution in [-0.2, 0) is 22.8 Å². The van der Waals surface area contributed by atoms with Crippen molar-refractivity contribution in [1.82, 2.24) is 30.2 Å². The first-order valence-corrected chi connectivity index (χ1v) is 19.6. The van der Waals surface area contributed by atoms with Crippen LogP contribution in [0.5, 0.6) is 0 Å². The number of fused-ring (bicyclic) bond motifs is 2. The summed E-state index contributed by atoms with van der Waals surface area (Å²) < 4.78 is 3.45. The van der Waals surface area contributed by atoms with Crippen LogP contribution in [0.4, 0.5) is 0 Å². The summed E-state index contributed by atoms with van der Waals surface area (Å²) >= 11 is 0. The molecule has 0 aliphatic heterocycles. The highest BCUT2D eigenvalue weighted by atomic mass is 17.0. The minimum Gasteiger partial charge on any atom is -0.345 e. The van der Waals surface area contributed by atoms with E-state index in [0.717, 1.165) is 95.8 Å². The molecule has 8 bridgehead atoms. The van der Waals surface area contributed by atoms with Crippen LogP contribution >= 0.6 is 0 Å². The number of benzene rings is 2. The minimum absolute atomic E-state index is 0.00452. The second-order valence-corrected chi connectivity index (χ2v) is 17.4. The van der Waals surface area contributed by atoms with Gasteiger partial charge in [0.2, 0.25) is 0 Å². The van der Waals surface area contributed by atoms with Gasteiger partial charge in [0, 0.05) is 21.9 Å². The van der Waals surface area contributed by atoms with Crippen molar-refractivity contribution in [2.24, 2.45) is 35.5 Å². The third-order valence-electron chi connectivity index (χ3n) is 13.6. The van der Waals surface area contributed by atoms with Crippen molar-refractivity contribution < 1.29 is 24.4 Å². The van der Waals surface area contributed by atoms with Gasteiger partial charge in [0.15, 0.2) is 24.6 Å². The fourth-order valence-electron chi connectivity index (χ4n) is 12.5. The van der Waals surface area contributed by atoms with Gasteiger partial charge in [0.25, 0.3) is 11.8 Å². The van der Waals surface area contributed by atoms with Gasteiger partial charge < -0.3 is 10.6 Å². The lowest BCUT2D eigenvalue weighted by molar-refractivity contribution is -0.981. The molecule has 52 heavy (non-hydrogen) atoms. The van der Waals surface area contributed by atoms with Crippen LogP contribution in [0.25, 0.3) is 21.8 Å². The highest BCUT2D eigenvalue weighted by molar-refractivity contribution is 6.06. The Hall–Kier alpha value is -4.48. The molecule has 8 saturated carbocycles. The number of para-hydroxylation sites is 2. The fourth-order valence-corrected chi connectivity index (χ4v) is 12.5. The van der Waals surface area contributed by atoms with E-state index in [-0.39, 0.29) is 54.3 Å². The number of rotatable bonds is 12. The molecule has 2 amide bonds. The normalized spacial score (nSPS) is 32.4. The fraction of sp³-hybridized carbons (Fsp3) is 0.600. The largest absolute Gasteiger partial charge is 0.477 e. The topological polar surface area (TPSA) is 132 Å². The Morgan fingerprint density at radius 3 is 1.33 bits per heavy atom. The molecule has 0 radical (unpaired) electrons. The highest BCUT2D eigenvalue weighted by Crippen LogP contribution is 2.57. The molecule has 0 saturated heterocycles. The molecule has 4 aromatic rings.